The van der Waals surface area contributed by atoms with E-state index in [1.54, 1.807) is 0 Å². The molecule has 0 atom stereocenters. The summed E-state index contributed by atoms with van der Waals surface area (Å²) in [5, 5.41) is 0. The molecule has 3 heteroatoms. The lowest BCUT2D eigenvalue weighted by molar-refractivity contribution is 1.17. The number of pyridine rings is 1. The molecule has 88 valence electrons. The second kappa shape index (κ2) is 4.02. The zero-order valence-corrected chi connectivity index (χ0v) is 10.9. The van der Waals surface area contributed by atoms with Gasteiger partial charge in [-0.05, 0) is 43.2 Å². The van der Waals surface area contributed by atoms with Crippen LogP contribution in [-0.2, 0) is 0 Å². The minimum absolute atomic E-state index is 1.00. The lowest BCUT2D eigenvalue weighted by atomic mass is 9.91. The van der Waals surface area contributed by atoms with Crippen LogP contribution in [0.25, 0.3) is 16.9 Å². The van der Waals surface area contributed by atoms with E-state index in [1.807, 2.05) is 6.20 Å². The Balaban J connectivity index is 2.25. The summed E-state index contributed by atoms with van der Waals surface area (Å²) in [6.07, 6.45) is 4.04. The van der Waals surface area contributed by atoms with Crippen molar-refractivity contribution in [2.75, 3.05) is 0 Å². The molecule has 0 fully saturated rings. The highest BCUT2D eigenvalue weighted by atomic mass is 15.0. The Morgan fingerprint density at radius 3 is 2.67 bits per heavy atom. The molecule has 0 aliphatic heterocycles. The molecule has 18 heavy (non-hydrogen) atoms. The maximum Gasteiger partial charge on any atom is 0.139 e. The first-order valence-corrected chi connectivity index (χ1v) is 6.16. The van der Waals surface area contributed by atoms with Crippen LogP contribution in [0.5, 0.6) is 0 Å². The molecule has 0 saturated heterocycles. The highest BCUT2D eigenvalue weighted by molar-refractivity contribution is 6.32. The van der Waals surface area contributed by atoms with Gasteiger partial charge >= 0.3 is 0 Å². The molecular weight excluding hydrogens is 219 g/mol. The van der Waals surface area contributed by atoms with E-state index in [-0.39, 0.29) is 0 Å². The lowest BCUT2D eigenvalue weighted by Crippen LogP contribution is -2.03. The number of nitrogens with zero attached hydrogens (tertiary/aromatic N) is 2. The average Bonchev–Trinajstić information content (AvgIpc) is 2.70. The molecule has 0 N–H and O–H groups in total. The summed E-state index contributed by atoms with van der Waals surface area (Å²) in [6, 6.07) is 10.8. The highest BCUT2D eigenvalue weighted by Gasteiger charge is 2.06. The van der Waals surface area contributed by atoms with Crippen molar-refractivity contribution in [1.82, 2.24) is 9.38 Å². The highest BCUT2D eigenvalue weighted by Crippen LogP contribution is 2.21. The number of aryl methyl sites for hydroxylation is 2. The summed E-state index contributed by atoms with van der Waals surface area (Å²) in [6.45, 7) is 4.22. The Morgan fingerprint density at radius 2 is 1.89 bits per heavy atom. The minimum Gasteiger partial charge on any atom is -0.300 e. The smallest absolute Gasteiger partial charge is 0.139 e. The van der Waals surface area contributed by atoms with Crippen LogP contribution in [0.1, 0.15) is 11.1 Å². The predicted molar refractivity (Wildman–Crippen MR) is 78.3 cm³/mol. The van der Waals surface area contributed by atoms with Crippen molar-refractivity contribution in [2.45, 2.75) is 13.8 Å². The Morgan fingerprint density at radius 1 is 1.06 bits per heavy atom. The number of fused-ring (bicyclic) bond motifs is 1. The van der Waals surface area contributed by atoms with E-state index >= 15 is 0 Å². The van der Waals surface area contributed by atoms with Gasteiger partial charge in [-0.25, -0.2) is 4.98 Å². The molecule has 2 aromatic heterocycles. The van der Waals surface area contributed by atoms with Crippen molar-refractivity contribution in [3.63, 3.8) is 0 Å². The van der Waals surface area contributed by atoms with Crippen LogP contribution in [0.15, 0.2) is 42.7 Å². The van der Waals surface area contributed by atoms with E-state index in [0.717, 1.165) is 11.3 Å². The standard InChI is InChI=1S/C15H15BN2/c1-10-3-4-18-14(9-17-15(18)7-10)12-5-11(2)6-13(16)8-12/h3-9H,16H2,1-2H3. The quantitative estimate of drug-likeness (QED) is 0.587. The maximum absolute atomic E-state index is 4.48. The van der Waals surface area contributed by atoms with Crippen molar-refractivity contribution in [3.05, 3.63) is 53.9 Å². The fourth-order valence-corrected chi connectivity index (χ4v) is 2.42. The Bertz CT molecular complexity index is 708. The molecule has 0 saturated carbocycles. The molecule has 0 aliphatic rings. The summed E-state index contributed by atoms with van der Waals surface area (Å²) in [4.78, 5) is 4.48. The van der Waals surface area contributed by atoms with Gasteiger partial charge in [-0.3, -0.25) is 4.40 Å². The van der Waals surface area contributed by atoms with E-state index in [2.05, 4.69) is 67.6 Å². The van der Waals surface area contributed by atoms with Gasteiger partial charge < -0.3 is 0 Å². The average molecular weight is 234 g/mol. The van der Waals surface area contributed by atoms with Gasteiger partial charge in [0.25, 0.3) is 0 Å². The first-order valence-electron chi connectivity index (χ1n) is 6.16. The van der Waals surface area contributed by atoms with Crippen molar-refractivity contribution in [3.8, 4) is 11.3 Å². The van der Waals surface area contributed by atoms with Crippen LogP contribution in [0, 0.1) is 13.8 Å². The van der Waals surface area contributed by atoms with Gasteiger partial charge in [0.15, 0.2) is 0 Å². The first-order chi connectivity index (χ1) is 8.63. The zero-order chi connectivity index (χ0) is 12.7. The largest absolute Gasteiger partial charge is 0.300 e. The third-order valence-electron chi connectivity index (χ3n) is 3.19. The van der Waals surface area contributed by atoms with Gasteiger partial charge in [0.1, 0.15) is 13.5 Å². The number of benzene rings is 1. The Labute approximate surface area is 108 Å². The van der Waals surface area contributed by atoms with Crippen LogP contribution in [0.3, 0.4) is 0 Å². The molecule has 0 radical (unpaired) electrons. The molecule has 0 spiro atoms. The van der Waals surface area contributed by atoms with Crippen LogP contribution in [0.2, 0.25) is 0 Å². The molecule has 2 nitrogen and oxygen atoms in total. The summed E-state index contributed by atoms with van der Waals surface area (Å²) < 4.78 is 2.14. The second-order valence-corrected chi connectivity index (χ2v) is 4.95. The number of aromatic nitrogens is 2. The summed E-state index contributed by atoms with van der Waals surface area (Å²) >= 11 is 0. The summed E-state index contributed by atoms with van der Waals surface area (Å²) in [7, 11) is 2.13. The predicted octanol–water partition coefficient (Wildman–Crippen LogP) is 1.88. The third-order valence-corrected chi connectivity index (χ3v) is 3.19. The monoisotopic (exact) mass is 234 g/mol. The molecule has 3 aromatic rings. The van der Waals surface area contributed by atoms with Gasteiger partial charge in [-0.2, -0.15) is 0 Å². The van der Waals surface area contributed by atoms with Crippen LogP contribution < -0.4 is 5.46 Å². The topological polar surface area (TPSA) is 17.3 Å². The molecule has 1 aromatic carbocycles. The molecule has 0 bridgehead atoms. The van der Waals surface area contributed by atoms with Crippen molar-refractivity contribution >= 4 is 19.0 Å². The molecule has 0 amide bonds. The van der Waals surface area contributed by atoms with Gasteiger partial charge in [-0.1, -0.05) is 23.2 Å². The number of rotatable bonds is 1. The van der Waals surface area contributed by atoms with Crippen LogP contribution >= 0.6 is 0 Å². The number of imidazole rings is 1. The van der Waals surface area contributed by atoms with Crippen molar-refractivity contribution in [2.24, 2.45) is 0 Å². The first kappa shape index (κ1) is 11.1. The zero-order valence-electron chi connectivity index (χ0n) is 10.9. The fourth-order valence-electron chi connectivity index (χ4n) is 2.42. The molecule has 0 unspecified atom stereocenters. The number of hydrogen-bond donors (Lipinski definition) is 0. The van der Waals surface area contributed by atoms with Gasteiger partial charge in [-0.15, -0.1) is 0 Å². The lowest BCUT2D eigenvalue weighted by Gasteiger charge is -2.05. The van der Waals surface area contributed by atoms with Gasteiger partial charge in [0.05, 0.1) is 11.9 Å². The minimum atomic E-state index is 1.00. The normalized spacial score (nSPS) is 11.0. The van der Waals surface area contributed by atoms with E-state index in [4.69, 9.17) is 0 Å². The van der Waals surface area contributed by atoms with Crippen LogP contribution in [0.4, 0.5) is 0 Å². The van der Waals surface area contributed by atoms with E-state index in [9.17, 15) is 0 Å². The Hall–Kier alpha value is -2.03. The van der Waals surface area contributed by atoms with Crippen molar-refractivity contribution < 1.29 is 0 Å². The van der Waals surface area contributed by atoms with Crippen LogP contribution in [-0.4, -0.2) is 17.2 Å². The molecule has 0 aliphatic carbocycles. The van der Waals surface area contributed by atoms with E-state index in [1.165, 1.54) is 22.2 Å². The van der Waals surface area contributed by atoms with E-state index < -0.39 is 0 Å². The Kier molecular flexibility index (Phi) is 2.48. The number of hydrogen-bond acceptors (Lipinski definition) is 1. The second-order valence-electron chi connectivity index (χ2n) is 4.95. The summed E-state index contributed by atoms with van der Waals surface area (Å²) in [5.74, 6) is 0. The van der Waals surface area contributed by atoms with Gasteiger partial charge in [0, 0.05) is 6.20 Å². The molecular formula is C15H15BN2. The third kappa shape index (κ3) is 1.82. The molecule has 2 heterocycles. The molecule has 3 rings (SSSR count). The SMILES string of the molecule is Bc1cc(C)cc(-c2cnc3cc(C)ccn23)c1. The fraction of sp³-hybridized carbons (Fsp3) is 0.133. The van der Waals surface area contributed by atoms with Gasteiger partial charge in [0.2, 0.25) is 0 Å². The van der Waals surface area contributed by atoms with E-state index in [0.29, 0.717) is 0 Å². The van der Waals surface area contributed by atoms with Crippen molar-refractivity contribution in [1.29, 1.82) is 0 Å². The summed E-state index contributed by atoms with van der Waals surface area (Å²) in [5.41, 5.74) is 7.18. The maximum atomic E-state index is 4.48.